The van der Waals surface area contributed by atoms with E-state index >= 15 is 0 Å². The number of aliphatic carboxylic acids is 1. The van der Waals surface area contributed by atoms with Crippen LogP contribution in [0.5, 0.6) is 0 Å². The van der Waals surface area contributed by atoms with Gasteiger partial charge in [0, 0.05) is 29.9 Å². The molecule has 0 radical (unpaired) electrons. The quantitative estimate of drug-likeness (QED) is 0.211. The molecule has 3 aromatic rings. The van der Waals surface area contributed by atoms with Crippen LogP contribution in [0.4, 0.5) is 0 Å². The lowest BCUT2D eigenvalue weighted by Gasteiger charge is -2.24. The van der Waals surface area contributed by atoms with Crippen molar-refractivity contribution in [3.63, 3.8) is 0 Å². The van der Waals surface area contributed by atoms with Crippen LogP contribution in [0.1, 0.15) is 31.9 Å². The number of carboxylic acid groups (broad SMARTS) is 1. The maximum Gasteiger partial charge on any atom is 0.326 e. The van der Waals surface area contributed by atoms with Crippen LogP contribution >= 0.6 is 0 Å². The first kappa shape index (κ1) is 28.4. The molecule has 1 heterocycles. The summed E-state index contributed by atoms with van der Waals surface area (Å²) >= 11 is 0. The smallest absolute Gasteiger partial charge is 0.326 e. The van der Waals surface area contributed by atoms with Crippen molar-refractivity contribution in [1.82, 2.24) is 20.9 Å². The molecule has 1 aromatic heterocycles. The number of nitrogens with two attached hydrogens (primary N) is 1. The number of para-hydroxylation sites is 1. The van der Waals surface area contributed by atoms with Gasteiger partial charge < -0.3 is 31.8 Å². The number of nitrogens with one attached hydrogen (secondary N) is 4. The molecule has 2 aromatic carbocycles. The van der Waals surface area contributed by atoms with Gasteiger partial charge in [0.2, 0.25) is 17.7 Å². The van der Waals surface area contributed by atoms with E-state index in [0.717, 1.165) is 22.0 Å². The third-order valence-corrected chi connectivity index (χ3v) is 6.40. The molecule has 3 rings (SSSR count). The van der Waals surface area contributed by atoms with Gasteiger partial charge in [-0.3, -0.25) is 14.4 Å². The Labute approximate surface area is 221 Å². The Hall–Kier alpha value is -4.18. The van der Waals surface area contributed by atoms with Gasteiger partial charge in [-0.15, -0.1) is 0 Å². The lowest BCUT2D eigenvalue weighted by atomic mass is 10.0. The number of rotatable bonds is 12. The molecule has 0 saturated heterocycles. The number of fused-ring (bicyclic) bond motifs is 1. The van der Waals surface area contributed by atoms with Crippen LogP contribution in [0.2, 0.25) is 0 Å². The van der Waals surface area contributed by atoms with Crippen LogP contribution in [0, 0.1) is 5.92 Å². The molecule has 0 aliphatic heterocycles. The first-order valence-electron chi connectivity index (χ1n) is 12.5. The molecule has 10 nitrogen and oxygen atoms in total. The summed E-state index contributed by atoms with van der Waals surface area (Å²) in [6.45, 7) is 5.09. The lowest BCUT2D eigenvalue weighted by Crippen LogP contribution is -2.57. The molecule has 0 saturated carbocycles. The zero-order valence-corrected chi connectivity index (χ0v) is 21.7. The van der Waals surface area contributed by atoms with Crippen LogP contribution < -0.4 is 21.7 Å². The Morgan fingerprint density at radius 3 is 2.11 bits per heavy atom. The minimum atomic E-state index is -1.20. The fourth-order valence-corrected chi connectivity index (χ4v) is 4.03. The van der Waals surface area contributed by atoms with Gasteiger partial charge >= 0.3 is 5.97 Å². The molecule has 0 bridgehead atoms. The summed E-state index contributed by atoms with van der Waals surface area (Å²) in [5.41, 5.74) is 8.26. The SMILES string of the molecule is CC(NC(=O)C(N)C(C)C)C(=O)NC(Cc1c[nH]c2ccccc12)C(=O)NC(Cc1ccccc1)C(=O)O. The molecule has 0 spiro atoms. The zero-order chi connectivity index (χ0) is 27.8. The van der Waals surface area contributed by atoms with Gasteiger partial charge in [0.05, 0.1) is 6.04 Å². The highest BCUT2D eigenvalue weighted by Crippen LogP contribution is 2.19. The van der Waals surface area contributed by atoms with Gasteiger partial charge in [0.15, 0.2) is 0 Å². The number of aromatic nitrogens is 1. The van der Waals surface area contributed by atoms with E-state index in [4.69, 9.17) is 5.73 Å². The Bertz CT molecular complexity index is 1270. The van der Waals surface area contributed by atoms with E-state index in [9.17, 15) is 24.3 Å². The second kappa shape index (κ2) is 12.9. The largest absolute Gasteiger partial charge is 0.480 e. The van der Waals surface area contributed by atoms with Gasteiger partial charge in [-0.25, -0.2) is 4.79 Å². The molecule has 0 aliphatic rings. The van der Waals surface area contributed by atoms with Crippen LogP contribution in [0.3, 0.4) is 0 Å². The highest BCUT2D eigenvalue weighted by molar-refractivity contribution is 5.94. The van der Waals surface area contributed by atoms with Crippen molar-refractivity contribution in [2.75, 3.05) is 0 Å². The molecule has 7 N–H and O–H groups in total. The van der Waals surface area contributed by atoms with Crippen LogP contribution in [0.25, 0.3) is 10.9 Å². The predicted molar refractivity (Wildman–Crippen MR) is 144 cm³/mol. The van der Waals surface area contributed by atoms with E-state index in [1.165, 1.54) is 6.92 Å². The van der Waals surface area contributed by atoms with E-state index in [1.807, 2.05) is 30.3 Å². The Kier molecular flexibility index (Phi) is 9.61. The summed E-state index contributed by atoms with van der Waals surface area (Å²) in [5, 5.41) is 18.5. The molecule has 0 aliphatic carbocycles. The standard InChI is InChI=1S/C28H35N5O5/c1-16(2)24(29)27(36)31-17(3)25(34)32-22(14-19-15-30-21-12-8-7-11-20(19)21)26(35)33-23(28(37)38)13-18-9-5-4-6-10-18/h4-12,15-17,22-24,30H,13-14,29H2,1-3H3,(H,31,36)(H,32,34)(H,33,35)(H,37,38). The van der Waals surface area contributed by atoms with Gasteiger partial charge in [0.1, 0.15) is 18.1 Å². The first-order valence-corrected chi connectivity index (χ1v) is 12.5. The number of carboxylic acids is 1. The molecule has 3 amide bonds. The van der Waals surface area contributed by atoms with Gasteiger partial charge in [0.25, 0.3) is 0 Å². The maximum absolute atomic E-state index is 13.4. The molecule has 10 heteroatoms. The van der Waals surface area contributed by atoms with Crippen LogP contribution in [-0.4, -0.2) is 57.9 Å². The zero-order valence-electron chi connectivity index (χ0n) is 21.7. The van der Waals surface area contributed by atoms with E-state index in [0.29, 0.717) is 0 Å². The van der Waals surface area contributed by atoms with Crippen molar-refractivity contribution in [3.8, 4) is 0 Å². The van der Waals surface area contributed by atoms with Crippen molar-refractivity contribution < 1.29 is 24.3 Å². The highest BCUT2D eigenvalue weighted by Gasteiger charge is 2.30. The summed E-state index contributed by atoms with van der Waals surface area (Å²) in [5.74, 6) is -3.03. The molecule has 4 atom stereocenters. The Balaban J connectivity index is 1.80. The number of aromatic amines is 1. The monoisotopic (exact) mass is 521 g/mol. The number of H-pyrrole nitrogens is 1. The summed E-state index contributed by atoms with van der Waals surface area (Å²) in [7, 11) is 0. The second-order valence-corrected chi connectivity index (χ2v) is 9.71. The summed E-state index contributed by atoms with van der Waals surface area (Å²) in [4.78, 5) is 53.8. The summed E-state index contributed by atoms with van der Waals surface area (Å²) in [6.07, 6.45) is 1.93. The topological polar surface area (TPSA) is 166 Å². The molecule has 202 valence electrons. The van der Waals surface area contributed by atoms with E-state index < -0.39 is 47.9 Å². The van der Waals surface area contributed by atoms with Crippen molar-refractivity contribution in [1.29, 1.82) is 0 Å². The number of hydrogen-bond donors (Lipinski definition) is 6. The summed E-state index contributed by atoms with van der Waals surface area (Å²) < 4.78 is 0. The van der Waals surface area contributed by atoms with Crippen LogP contribution in [-0.2, 0) is 32.0 Å². The van der Waals surface area contributed by atoms with E-state index in [-0.39, 0.29) is 18.8 Å². The third kappa shape index (κ3) is 7.42. The van der Waals surface area contributed by atoms with Crippen molar-refractivity contribution in [3.05, 3.63) is 71.9 Å². The number of hydrogen-bond acceptors (Lipinski definition) is 5. The van der Waals surface area contributed by atoms with Crippen LogP contribution in [0.15, 0.2) is 60.8 Å². The molecular weight excluding hydrogens is 486 g/mol. The molecular formula is C28H35N5O5. The second-order valence-electron chi connectivity index (χ2n) is 9.71. The maximum atomic E-state index is 13.4. The van der Waals surface area contributed by atoms with E-state index in [1.54, 1.807) is 44.3 Å². The molecule has 38 heavy (non-hydrogen) atoms. The summed E-state index contributed by atoms with van der Waals surface area (Å²) in [6, 6.07) is 12.4. The van der Waals surface area contributed by atoms with Crippen molar-refractivity contribution >= 4 is 34.6 Å². The number of amides is 3. The van der Waals surface area contributed by atoms with Crippen molar-refractivity contribution in [2.24, 2.45) is 11.7 Å². The lowest BCUT2D eigenvalue weighted by molar-refractivity contribution is -0.142. The third-order valence-electron chi connectivity index (χ3n) is 6.40. The first-order chi connectivity index (χ1) is 18.1. The van der Waals surface area contributed by atoms with E-state index in [2.05, 4.69) is 20.9 Å². The Morgan fingerprint density at radius 1 is 0.816 bits per heavy atom. The van der Waals surface area contributed by atoms with Crippen molar-refractivity contribution in [2.45, 2.75) is 57.8 Å². The van der Waals surface area contributed by atoms with Gasteiger partial charge in [-0.05, 0) is 30.0 Å². The average Bonchev–Trinajstić information content (AvgIpc) is 3.30. The molecule has 0 fully saturated rings. The number of carbonyl (C=O) groups is 4. The fourth-order valence-electron chi connectivity index (χ4n) is 4.03. The van der Waals surface area contributed by atoms with Gasteiger partial charge in [-0.1, -0.05) is 62.4 Å². The Morgan fingerprint density at radius 2 is 1.45 bits per heavy atom. The molecule has 4 unspecified atom stereocenters. The fraction of sp³-hybridized carbons (Fsp3) is 0.357. The average molecular weight is 522 g/mol. The minimum Gasteiger partial charge on any atom is -0.480 e. The highest BCUT2D eigenvalue weighted by atomic mass is 16.4. The normalized spacial score (nSPS) is 14.3. The van der Waals surface area contributed by atoms with Gasteiger partial charge in [-0.2, -0.15) is 0 Å². The minimum absolute atomic E-state index is 0.0786. The predicted octanol–water partition coefficient (Wildman–Crippen LogP) is 1.50. The number of carbonyl (C=O) groups excluding carboxylic acids is 3. The number of benzene rings is 2.